The second-order valence-electron chi connectivity index (χ2n) is 5.29. The molecule has 14 heavy (non-hydrogen) atoms. The standard InChI is InChI=1S/C11H21F2N/c1-8-6-11(2,3)5-4-9(8)14-7-10(12)13/h8-10,14H,4-7H2,1-3H3. The second kappa shape index (κ2) is 4.56. The fourth-order valence-corrected chi connectivity index (χ4v) is 2.49. The summed E-state index contributed by atoms with van der Waals surface area (Å²) >= 11 is 0. The molecule has 0 heterocycles. The Balaban J connectivity index is 2.35. The van der Waals surface area contributed by atoms with Crippen molar-refractivity contribution in [3.63, 3.8) is 0 Å². The summed E-state index contributed by atoms with van der Waals surface area (Å²) in [6, 6.07) is 0.289. The van der Waals surface area contributed by atoms with Gasteiger partial charge in [-0.15, -0.1) is 0 Å². The van der Waals surface area contributed by atoms with E-state index in [-0.39, 0.29) is 12.6 Å². The fourth-order valence-electron chi connectivity index (χ4n) is 2.49. The van der Waals surface area contributed by atoms with Crippen LogP contribution < -0.4 is 5.32 Å². The first-order valence-corrected chi connectivity index (χ1v) is 5.42. The predicted octanol–water partition coefficient (Wildman–Crippen LogP) is 3.06. The molecule has 0 aromatic rings. The highest BCUT2D eigenvalue weighted by atomic mass is 19.3. The van der Waals surface area contributed by atoms with Gasteiger partial charge in [-0.05, 0) is 30.6 Å². The van der Waals surface area contributed by atoms with E-state index in [1.807, 2.05) is 0 Å². The number of rotatable bonds is 3. The summed E-state index contributed by atoms with van der Waals surface area (Å²) in [6.07, 6.45) is 1.07. The smallest absolute Gasteiger partial charge is 0.250 e. The van der Waals surface area contributed by atoms with Gasteiger partial charge in [0.15, 0.2) is 0 Å². The van der Waals surface area contributed by atoms with Crippen molar-refractivity contribution in [2.45, 2.75) is 52.5 Å². The maximum absolute atomic E-state index is 12.0. The molecular formula is C11H21F2N. The third-order valence-electron chi connectivity index (χ3n) is 3.23. The third-order valence-corrected chi connectivity index (χ3v) is 3.23. The monoisotopic (exact) mass is 205 g/mol. The molecule has 0 aromatic carbocycles. The molecule has 0 saturated heterocycles. The largest absolute Gasteiger partial charge is 0.308 e. The molecule has 0 aromatic heterocycles. The van der Waals surface area contributed by atoms with Gasteiger partial charge in [-0.25, -0.2) is 8.78 Å². The zero-order chi connectivity index (χ0) is 10.8. The van der Waals surface area contributed by atoms with Crippen LogP contribution >= 0.6 is 0 Å². The first-order chi connectivity index (χ1) is 6.41. The number of hydrogen-bond donors (Lipinski definition) is 1. The minimum absolute atomic E-state index is 0.157. The molecule has 1 aliphatic rings. The molecule has 0 spiro atoms. The van der Waals surface area contributed by atoms with Gasteiger partial charge in [-0.3, -0.25) is 0 Å². The van der Waals surface area contributed by atoms with E-state index in [1.165, 1.54) is 0 Å². The van der Waals surface area contributed by atoms with Gasteiger partial charge in [0.25, 0.3) is 6.43 Å². The van der Waals surface area contributed by atoms with Crippen molar-refractivity contribution < 1.29 is 8.78 Å². The second-order valence-corrected chi connectivity index (χ2v) is 5.29. The van der Waals surface area contributed by atoms with E-state index in [0.29, 0.717) is 11.3 Å². The Morgan fingerprint density at radius 1 is 1.43 bits per heavy atom. The average Bonchev–Trinajstić information content (AvgIpc) is 2.00. The Labute approximate surface area is 85.3 Å². The van der Waals surface area contributed by atoms with E-state index >= 15 is 0 Å². The zero-order valence-electron chi connectivity index (χ0n) is 9.32. The molecule has 0 bridgehead atoms. The van der Waals surface area contributed by atoms with Crippen LogP contribution in [0.2, 0.25) is 0 Å². The van der Waals surface area contributed by atoms with Gasteiger partial charge in [0.05, 0.1) is 6.54 Å². The van der Waals surface area contributed by atoms with Crippen molar-refractivity contribution in [3.8, 4) is 0 Å². The van der Waals surface area contributed by atoms with Gasteiger partial charge >= 0.3 is 0 Å². The Bertz CT molecular complexity index is 178. The lowest BCUT2D eigenvalue weighted by Crippen LogP contribution is -2.43. The lowest BCUT2D eigenvalue weighted by atomic mass is 9.70. The van der Waals surface area contributed by atoms with Gasteiger partial charge in [0.2, 0.25) is 0 Å². The van der Waals surface area contributed by atoms with E-state index in [1.54, 1.807) is 0 Å². The third kappa shape index (κ3) is 3.52. The highest BCUT2D eigenvalue weighted by Gasteiger charge is 2.32. The van der Waals surface area contributed by atoms with E-state index in [4.69, 9.17) is 0 Å². The number of halogens is 2. The molecule has 1 saturated carbocycles. The summed E-state index contributed by atoms with van der Waals surface area (Å²) in [6.45, 7) is 6.51. The first kappa shape index (κ1) is 11.9. The van der Waals surface area contributed by atoms with Crippen molar-refractivity contribution >= 4 is 0 Å². The number of nitrogens with one attached hydrogen (secondary N) is 1. The lowest BCUT2D eigenvalue weighted by Gasteiger charge is -2.39. The highest BCUT2D eigenvalue weighted by Crippen LogP contribution is 2.38. The van der Waals surface area contributed by atoms with Crippen LogP contribution in [0.3, 0.4) is 0 Å². The summed E-state index contributed by atoms with van der Waals surface area (Å²) in [4.78, 5) is 0. The SMILES string of the molecule is CC1CC(C)(C)CCC1NCC(F)F. The quantitative estimate of drug-likeness (QED) is 0.746. The maximum Gasteiger partial charge on any atom is 0.250 e. The van der Waals surface area contributed by atoms with Crippen LogP contribution in [0.25, 0.3) is 0 Å². The summed E-state index contributed by atoms with van der Waals surface area (Å²) in [7, 11) is 0. The number of alkyl halides is 2. The minimum Gasteiger partial charge on any atom is -0.308 e. The van der Waals surface area contributed by atoms with Gasteiger partial charge in [-0.2, -0.15) is 0 Å². The molecule has 1 aliphatic carbocycles. The van der Waals surface area contributed by atoms with Gasteiger partial charge < -0.3 is 5.32 Å². The Kier molecular flexibility index (Phi) is 3.87. The van der Waals surface area contributed by atoms with E-state index in [9.17, 15) is 8.78 Å². The first-order valence-electron chi connectivity index (χ1n) is 5.42. The molecule has 0 radical (unpaired) electrons. The van der Waals surface area contributed by atoms with Gasteiger partial charge in [-0.1, -0.05) is 20.8 Å². The van der Waals surface area contributed by atoms with Crippen molar-refractivity contribution in [3.05, 3.63) is 0 Å². The summed E-state index contributed by atoms with van der Waals surface area (Å²) in [5.41, 5.74) is 0.391. The zero-order valence-corrected chi connectivity index (χ0v) is 9.32. The molecule has 3 heteroatoms. The van der Waals surface area contributed by atoms with Gasteiger partial charge in [0, 0.05) is 6.04 Å². The highest BCUT2D eigenvalue weighted by molar-refractivity contribution is 4.86. The van der Waals surface area contributed by atoms with Crippen molar-refractivity contribution in [2.75, 3.05) is 6.54 Å². The molecule has 1 N–H and O–H groups in total. The Morgan fingerprint density at radius 2 is 2.07 bits per heavy atom. The fraction of sp³-hybridized carbons (Fsp3) is 1.00. The van der Waals surface area contributed by atoms with Crippen LogP contribution in [-0.2, 0) is 0 Å². The summed E-state index contributed by atoms with van der Waals surface area (Å²) < 4.78 is 24.0. The molecule has 0 aliphatic heterocycles. The molecular weight excluding hydrogens is 184 g/mol. The lowest BCUT2D eigenvalue weighted by molar-refractivity contribution is 0.110. The molecule has 2 unspecified atom stereocenters. The summed E-state index contributed by atoms with van der Waals surface area (Å²) in [5, 5.41) is 2.96. The molecule has 1 nitrogen and oxygen atoms in total. The van der Waals surface area contributed by atoms with Gasteiger partial charge in [0.1, 0.15) is 0 Å². The van der Waals surface area contributed by atoms with Crippen LogP contribution in [0.1, 0.15) is 40.0 Å². The predicted molar refractivity (Wildman–Crippen MR) is 54.6 cm³/mol. The Hall–Kier alpha value is -0.180. The van der Waals surface area contributed by atoms with E-state index in [0.717, 1.165) is 19.3 Å². The topological polar surface area (TPSA) is 12.0 Å². The van der Waals surface area contributed by atoms with Crippen LogP contribution in [-0.4, -0.2) is 19.0 Å². The van der Waals surface area contributed by atoms with Crippen LogP contribution in [0, 0.1) is 11.3 Å². The van der Waals surface area contributed by atoms with Crippen LogP contribution in [0.5, 0.6) is 0 Å². The van der Waals surface area contributed by atoms with E-state index < -0.39 is 6.43 Å². The normalized spacial score (nSPS) is 32.1. The van der Waals surface area contributed by atoms with Crippen molar-refractivity contribution in [2.24, 2.45) is 11.3 Å². The molecule has 2 atom stereocenters. The van der Waals surface area contributed by atoms with E-state index in [2.05, 4.69) is 26.1 Å². The molecule has 84 valence electrons. The maximum atomic E-state index is 12.0. The average molecular weight is 205 g/mol. The van der Waals surface area contributed by atoms with Crippen molar-refractivity contribution in [1.82, 2.24) is 5.32 Å². The minimum atomic E-state index is -2.22. The molecule has 1 rings (SSSR count). The Morgan fingerprint density at radius 3 is 2.57 bits per heavy atom. The molecule has 1 fully saturated rings. The van der Waals surface area contributed by atoms with Crippen molar-refractivity contribution in [1.29, 1.82) is 0 Å². The molecule has 0 amide bonds. The van der Waals surface area contributed by atoms with Crippen LogP contribution in [0.15, 0.2) is 0 Å². The summed E-state index contributed by atoms with van der Waals surface area (Å²) in [5.74, 6) is 0.512. The van der Waals surface area contributed by atoms with Crippen LogP contribution in [0.4, 0.5) is 8.78 Å². The number of hydrogen-bond acceptors (Lipinski definition) is 1.